The molecule has 0 fully saturated rings. The fourth-order valence-electron chi connectivity index (χ4n) is 1.75. The van der Waals surface area contributed by atoms with E-state index >= 15 is 0 Å². The minimum atomic E-state index is -0.950. The number of carbonyl (C=O) groups is 1. The molecular weight excluding hydrogens is 248 g/mol. The lowest BCUT2D eigenvalue weighted by Crippen LogP contribution is -2.05. The SMILES string of the molecule is Cc1ccc(C(=O)Cc2ccc(F)c(F)c2)cc1N. The number of Topliss-reactive ketones (excluding diaryl/α,β-unsaturated/α-hetero) is 1. The standard InChI is InChI=1S/C15H13F2NO/c1-9-2-4-11(8-14(9)18)15(19)7-10-3-5-12(16)13(17)6-10/h2-6,8H,7,18H2,1H3. The molecule has 2 aromatic carbocycles. The molecule has 19 heavy (non-hydrogen) atoms. The molecule has 0 aliphatic heterocycles. The first-order chi connectivity index (χ1) is 8.97. The fraction of sp³-hybridized carbons (Fsp3) is 0.133. The van der Waals surface area contributed by atoms with Gasteiger partial charge >= 0.3 is 0 Å². The highest BCUT2D eigenvalue weighted by molar-refractivity contribution is 5.98. The van der Waals surface area contributed by atoms with Gasteiger partial charge in [-0.3, -0.25) is 4.79 Å². The first-order valence-electron chi connectivity index (χ1n) is 5.80. The van der Waals surface area contributed by atoms with Gasteiger partial charge in [-0.1, -0.05) is 18.2 Å². The number of carbonyl (C=O) groups excluding carboxylic acids is 1. The van der Waals surface area contributed by atoms with E-state index in [2.05, 4.69) is 0 Å². The molecule has 2 nitrogen and oxygen atoms in total. The average molecular weight is 261 g/mol. The van der Waals surface area contributed by atoms with Crippen LogP contribution in [0.5, 0.6) is 0 Å². The summed E-state index contributed by atoms with van der Waals surface area (Å²) in [5, 5.41) is 0. The molecule has 0 amide bonds. The molecule has 2 aromatic rings. The van der Waals surface area contributed by atoms with E-state index < -0.39 is 11.6 Å². The highest BCUT2D eigenvalue weighted by Crippen LogP contribution is 2.16. The van der Waals surface area contributed by atoms with Gasteiger partial charge in [-0.2, -0.15) is 0 Å². The van der Waals surface area contributed by atoms with Crippen LogP contribution in [0.3, 0.4) is 0 Å². The second kappa shape index (κ2) is 5.18. The Hall–Kier alpha value is -2.23. The number of hydrogen-bond donors (Lipinski definition) is 1. The zero-order valence-corrected chi connectivity index (χ0v) is 10.4. The van der Waals surface area contributed by atoms with Crippen molar-refractivity contribution in [3.8, 4) is 0 Å². The lowest BCUT2D eigenvalue weighted by molar-refractivity contribution is 0.0993. The van der Waals surface area contributed by atoms with Crippen LogP contribution in [0.15, 0.2) is 36.4 Å². The van der Waals surface area contributed by atoms with Crippen LogP contribution in [0.2, 0.25) is 0 Å². The van der Waals surface area contributed by atoms with Gasteiger partial charge in [-0.25, -0.2) is 8.78 Å². The Morgan fingerprint density at radius 2 is 1.84 bits per heavy atom. The minimum Gasteiger partial charge on any atom is -0.398 e. The molecule has 0 heterocycles. The second-order valence-electron chi connectivity index (χ2n) is 4.42. The van der Waals surface area contributed by atoms with Crippen molar-refractivity contribution in [1.29, 1.82) is 0 Å². The maximum absolute atomic E-state index is 13.0. The molecule has 0 saturated heterocycles. The number of nitrogen functional groups attached to an aromatic ring is 1. The summed E-state index contributed by atoms with van der Waals surface area (Å²) in [7, 11) is 0. The topological polar surface area (TPSA) is 43.1 Å². The Bertz CT molecular complexity index is 638. The Balaban J connectivity index is 2.20. The number of benzene rings is 2. The van der Waals surface area contributed by atoms with Crippen LogP contribution in [-0.2, 0) is 6.42 Å². The number of ketones is 1. The van der Waals surface area contributed by atoms with Crippen molar-refractivity contribution in [3.63, 3.8) is 0 Å². The van der Waals surface area contributed by atoms with Crippen LogP contribution in [0.25, 0.3) is 0 Å². The van der Waals surface area contributed by atoms with Crippen molar-refractivity contribution >= 4 is 11.5 Å². The molecule has 0 bridgehead atoms. The number of rotatable bonds is 3. The van der Waals surface area contributed by atoms with Gasteiger partial charge in [0.05, 0.1) is 0 Å². The van der Waals surface area contributed by atoms with Crippen LogP contribution < -0.4 is 5.73 Å². The van der Waals surface area contributed by atoms with Crippen molar-refractivity contribution in [3.05, 3.63) is 64.7 Å². The zero-order chi connectivity index (χ0) is 14.0. The smallest absolute Gasteiger partial charge is 0.167 e. The third-order valence-electron chi connectivity index (χ3n) is 2.95. The molecule has 0 aliphatic rings. The Kier molecular flexibility index (Phi) is 3.60. The predicted molar refractivity (Wildman–Crippen MR) is 70.0 cm³/mol. The molecule has 0 radical (unpaired) electrons. The van der Waals surface area contributed by atoms with Crippen molar-refractivity contribution in [2.75, 3.05) is 5.73 Å². The Labute approximate surface area is 109 Å². The number of nitrogens with two attached hydrogens (primary N) is 1. The number of hydrogen-bond acceptors (Lipinski definition) is 2. The maximum Gasteiger partial charge on any atom is 0.167 e. The van der Waals surface area contributed by atoms with Gasteiger partial charge in [0.2, 0.25) is 0 Å². The van der Waals surface area contributed by atoms with E-state index in [0.717, 1.165) is 17.7 Å². The summed E-state index contributed by atoms with van der Waals surface area (Å²) in [5.74, 6) is -2.05. The summed E-state index contributed by atoms with van der Waals surface area (Å²) < 4.78 is 25.8. The molecule has 0 spiro atoms. The van der Waals surface area contributed by atoms with Gasteiger partial charge in [0.15, 0.2) is 17.4 Å². The predicted octanol–water partition coefficient (Wildman–Crippen LogP) is 3.28. The van der Waals surface area contributed by atoms with Gasteiger partial charge in [0, 0.05) is 17.7 Å². The van der Waals surface area contributed by atoms with Crippen molar-refractivity contribution < 1.29 is 13.6 Å². The van der Waals surface area contributed by atoms with Gasteiger partial charge in [-0.15, -0.1) is 0 Å². The lowest BCUT2D eigenvalue weighted by atomic mass is 10.0. The van der Waals surface area contributed by atoms with E-state index in [0.29, 0.717) is 16.8 Å². The Morgan fingerprint density at radius 3 is 2.47 bits per heavy atom. The highest BCUT2D eigenvalue weighted by Gasteiger charge is 2.10. The molecule has 2 rings (SSSR count). The molecular formula is C15H13F2NO. The van der Waals surface area contributed by atoms with Gasteiger partial charge in [-0.05, 0) is 36.2 Å². The first kappa shape index (κ1) is 13.2. The van der Waals surface area contributed by atoms with Crippen LogP contribution in [0.4, 0.5) is 14.5 Å². The van der Waals surface area contributed by atoms with Crippen LogP contribution in [-0.4, -0.2) is 5.78 Å². The number of aryl methyl sites for hydroxylation is 1. The van der Waals surface area contributed by atoms with Crippen LogP contribution >= 0.6 is 0 Å². The molecule has 2 N–H and O–H groups in total. The summed E-state index contributed by atoms with van der Waals surface area (Å²) in [4.78, 5) is 12.0. The van der Waals surface area contributed by atoms with Gasteiger partial charge in [0.25, 0.3) is 0 Å². The van der Waals surface area contributed by atoms with Crippen LogP contribution in [0, 0.1) is 18.6 Å². The van der Waals surface area contributed by atoms with Gasteiger partial charge in [0.1, 0.15) is 0 Å². The van der Waals surface area contributed by atoms with E-state index in [1.807, 2.05) is 6.92 Å². The molecule has 0 aliphatic carbocycles. The van der Waals surface area contributed by atoms with Crippen molar-refractivity contribution in [2.45, 2.75) is 13.3 Å². The summed E-state index contributed by atoms with van der Waals surface area (Å²) in [5.41, 5.74) is 8.06. The van der Waals surface area contributed by atoms with E-state index in [-0.39, 0.29) is 12.2 Å². The third-order valence-corrected chi connectivity index (χ3v) is 2.95. The summed E-state index contributed by atoms with van der Waals surface area (Å²) >= 11 is 0. The highest BCUT2D eigenvalue weighted by atomic mass is 19.2. The number of halogens is 2. The van der Waals surface area contributed by atoms with Crippen molar-refractivity contribution in [2.24, 2.45) is 0 Å². The van der Waals surface area contributed by atoms with E-state index in [1.165, 1.54) is 6.07 Å². The Morgan fingerprint density at radius 1 is 1.11 bits per heavy atom. The summed E-state index contributed by atoms with van der Waals surface area (Å²) in [6, 6.07) is 8.47. The largest absolute Gasteiger partial charge is 0.398 e. The van der Waals surface area contributed by atoms with E-state index in [1.54, 1.807) is 18.2 Å². The third kappa shape index (κ3) is 2.96. The van der Waals surface area contributed by atoms with E-state index in [9.17, 15) is 13.6 Å². The molecule has 98 valence electrons. The lowest BCUT2D eigenvalue weighted by Gasteiger charge is -2.05. The quantitative estimate of drug-likeness (QED) is 0.680. The second-order valence-corrected chi connectivity index (χ2v) is 4.42. The molecule has 0 unspecified atom stereocenters. The number of anilines is 1. The molecule has 0 atom stereocenters. The molecule has 4 heteroatoms. The zero-order valence-electron chi connectivity index (χ0n) is 10.4. The maximum atomic E-state index is 13.0. The summed E-state index contributed by atoms with van der Waals surface area (Å²) in [6.07, 6.45) is 0.0136. The summed E-state index contributed by atoms with van der Waals surface area (Å²) in [6.45, 7) is 1.85. The van der Waals surface area contributed by atoms with E-state index in [4.69, 9.17) is 5.73 Å². The molecule has 0 saturated carbocycles. The van der Waals surface area contributed by atoms with Gasteiger partial charge < -0.3 is 5.73 Å². The first-order valence-corrected chi connectivity index (χ1v) is 5.80. The van der Waals surface area contributed by atoms with Crippen LogP contribution in [0.1, 0.15) is 21.5 Å². The normalized spacial score (nSPS) is 10.5. The molecule has 0 aromatic heterocycles. The minimum absolute atomic E-state index is 0.0136. The fourth-order valence-corrected chi connectivity index (χ4v) is 1.75. The average Bonchev–Trinajstić information content (AvgIpc) is 2.37. The monoisotopic (exact) mass is 261 g/mol. The van der Waals surface area contributed by atoms with Crippen molar-refractivity contribution in [1.82, 2.24) is 0 Å².